The fourth-order valence-corrected chi connectivity index (χ4v) is 3.11. The van der Waals surface area contributed by atoms with E-state index in [4.69, 9.17) is 0 Å². The van der Waals surface area contributed by atoms with Gasteiger partial charge in [0, 0.05) is 27.0 Å². The molecule has 0 saturated heterocycles. The van der Waals surface area contributed by atoms with Crippen LogP contribution in [0.1, 0.15) is 26.3 Å². The lowest BCUT2D eigenvalue weighted by atomic mass is 10.1. The van der Waals surface area contributed by atoms with Crippen molar-refractivity contribution >= 4 is 45.0 Å². The van der Waals surface area contributed by atoms with Crippen LogP contribution in [-0.4, -0.2) is 24.3 Å². The van der Waals surface area contributed by atoms with Gasteiger partial charge >= 0.3 is 0 Å². The Morgan fingerprint density at radius 3 is 2.27 bits per heavy atom. The zero-order chi connectivity index (χ0) is 21.5. The van der Waals surface area contributed by atoms with Gasteiger partial charge in [0.1, 0.15) is 0 Å². The SMILES string of the molecule is Cc1ccc(NC(=O)c2ccccc2)cc1NC(=O)CNC(=O)c1cccc(Br)c1. The Kier molecular flexibility index (Phi) is 6.98. The predicted octanol–water partition coefficient (Wildman–Crippen LogP) is 4.38. The van der Waals surface area contributed by atoms with Crippen molar-refractivity contribution in [2.75, 3.05) is 17.2 Å². The molecule has 152 valence electrons. The molecule has 0 saturated carbocycles. The minimum absolute atomic E-state index is 0.175. The Balaban J connectivity index is 1.60. The molecule has 0 atom stereocenters. The Morgan fingerprint density at radius 1 is 0.800 bits per heavy atom. The third-order valence-corrected chi connectivity index (χ3v) is 4.80. The van der Waals surface area contributed by atoms with Crippen LogP contribution in [0.5, 0.6) is 0 Å². The van der Waals surface area contributed by atoms with Crippen molar-refractivity contribution in [2.24, 2.45) is 0 Å². The zero-order valence-electron chi connectivity index (χ0n) is 16.2. The highest BCUT2D eigenvalue weighted by Crippen LogP contribution is 2.21. The lowest BCUT2D eigenvalue weighted by molar-refractivity contribution is -0.115. The number of amides is 3. The van der Waals surface area contributed by atoms with Gasteiger partial charge in [0.2, 0.25) is 5.91 Å². The average Bonchev–Trinajstić information content (AvgIpc) is 2.75. The van der Waals surface area contributed by atoms with Crippen molar-refractivity contribution in [3.63, 3.8) is 0 Å². The average molecular weight is 466 g/mol. The van der Waals surface area contributed by atoms with Crippen molar-refractivity contribution in [1.82, 2.24) is 5.32 Å². The van der Waals surface area contributed by atoms with Gasteiger partial charge in [0.15, 0.2) is 0 Å². The summed E-state index contributed by atoms with van der Waals surface area (Å²) in [6.07, 6.45) is 0. The first kappa shape index (κ1) is 21.3. The van der Waals surface area contributed by atoms with Gasteiger partial charge in [-0.3, -0.25) is 14.4 Å². The standard InChI is InChI=1S/C23H20BrN3O3/c1-15-10-11-19(26-23(30)16-6-3-2-4-7-16)13-20(15)27-21(28)14-25-22(29)17-8-5-9-18(24)12-17/h2-13H,14H2,1H3,(H,25,29)(H,26,30)(H,27,28). The van der Waals surface area contributed by atoms with Crippen LogP contribution in [0.25, 0.3) is 0 Å². The van der Waals surface area contributed by atoms with Crippen LogP contribution >= 0.6 is 15.9 Å². The van der Waals surface area contributed by atoms with Gasteiger partial charge < -0.3 is 16.0 Å². The van der Waals surface area contributed by atoms with Crippen molar-refractivity contribution < 1.29 is 14.4 Å². The van der Waals surface area contributed by atoms with E-state index in [9.17, 15) is 14.4 Å². The molecule has 0 aromatic heterocycles. The van der Waals surface area contributed by atoms with E-state index in [0.717, 1.165) is 10.0 Å². The number of nitrogens with one attached hydrogen (secondary N) is 3. The fourth-order valence-electron chi connectivity index (χ4n) is 2.71. The van der Waals surface area contributed by atoms with Crippen LogP contribution in [-0.2, 0) is 4.79 Å². The van der Waals surface area contributed by atoms with E-state index < -0.39 is 0 Å². The first-order valence-corrected chi connectivity index (χ1v) is 10.0. The summed E-state index contributed by atoms with van der Waals surface area (Å²) < 4.78 is 0.782. The number of benzene rings is 3. The highest BCUT2D eigenvalue weighted by Gasteiger charge is 2.11. The summed E-state index contributed by atoms with van der Waals surface area (Å²) in [5, 5.41) is 8.17. The number of carbonyl (C=O) groups is 3. The molecule has 0 fully saturated rings. The van der Waals surface area contributed by atoms with Crippen molar-refractivity contribution in [2.45, 2.75) is 6.92 Å². The highest BCUT2D eigenvalue weighted by atomic mass is 79.9. The maximum Gasteiger partial charge on any atom is 0.255 e. The Bertz CT molecular complexity index is 1080. The van der Waals surface area contributed by atoms with Crippen molar-refractivity contribution in [3.8, 4) is 0 Å². The predicted molar refractivity (Wildman–Crippen MR) is 121 cm³/mol. The topological polar surface area (TPSA) is 87.3 Å². The van der Waals surface area contributed by atoms with E-state index in [1.165, 1.54) is 0 Å². The first-order valence-electron chi connectivity index (χ1n) is 9.23. The molecule has 7 heteroatoms. The molecule has 0 spiro atoms. The van der Waals surface area contributed by atoms with E-state index in [2.05, 4.69) is 31.9 Å². The number of rotatable bonds is 6. The van der Waals surface area contributed by atoms with Crippen LogP contribution < -0.4 is 16.0 Å². The molecule has 0 bridgehead atoms. The molecule has 0 radical (unpaired) electrons. The number of carbonyl (C=O) groups excluding carboxylic acids is 3. The quantitative estimate of drug-likeness (QED) is 0.504. The molecule has 3 rings (SSSR count). The summed E-state index contributed by atoms with van der Waals surface area (Å²) in [4.78, 5) is 36.8. The van der Waals surface area contributed by atoms with Crippen LogP contribution in [0.15, 0.2) is 77.3 Å². The number of anilines is 2. The number of hydrogen-bond donors (Lipinski definition) is 3. The Labute approximate surface area is 182 Å². The molecule has 3 aromatic carbocycles. The molecule has 0 aliphatic carbocycles. The molecule has 0 heterocycles. The second-order valence-electron chi connectivity index (χ2n) is 6.59. The number of halogens is 1. The summed E-state index contributed by atoms with van der Waals surface area (Å²) in [6.45, 7) is 1.67. The Morgan fingerprint density at radius 2 is 1.53 bits per heavy atom. The zero-order valence-corrected chi connectivity index (χ0v) is 17.8. The van der Waals surface area contributed by atoms with E-state index in [1.54, 1.807) is 60.7 Å². The second-order valence-corrected chi connectivity index (χ2v) is 7.51. The van der Waals surface area contributed by atoms with E-state index in [-0.39, 0.29) is 24.3 Å². The Hall–Kier alpha value is -3.45. The van der Waals surface area contributed by atoms with Gasteiger partial charge in [-0.1, -0.05) is 46.3 Å². The van der Waals surface area contributed by atoms with Crippen LogP contribution in [0, 0.1) is 6.92 Å². The molecule has 30 heavy (non-hydrogen) atoms. The van der Waals surface area contributed by atoms with E-state index in [1.807, 2.05) is 19.1 Å². The fraction of sp³-hybridized carbons (Fsp3) is 0.0870. The van der Waals surface area contributed by atoms with Crippen molar-refractivity contribution in [1.29, 1.82) is 0 Å². The van der Waals surface area contributed by atoms with E-state index in [0.29, 0.717) is 22.5 Å². The molecular weight excluding hydrogens is 446 g/mol. The molecule has 3 amide bonds. The largest absolute Gasteiger partial charge is 0.343 e. The summed E-state index contributed by atoms with van der Waals surface area (Å²) in [5.74, 6) is -0.946. The normalized spacial score (nSPS) is 10.2. The molecule has 6 nitrogen and oxygen atoms in total. The van der Waals surface area contributed by atoms with Gasteiger partial charge in [-0.25, -0.2) is 0 Å². The summed E-state index contributed by atoms with van der Waals surface area (Å²) >= 11 is 3.31. The molecule has 0 unspecified atom stereocenters. The number of hydrogen-bond acceptors (Lipinski definition) is 3. The second kappa shape index (κ2) is 9.84. The van der Waals surface area contributed by atoms with Gasteiger partial charge in [-0.2, -0.15) is 0 Å². The molecule has 0 aliphatic rings. The smallest absolute Gasteiger partial charge is 0.255 e. The van der Waals surface area contributed by atoms with Crippen LogP contribution in [0.4, 0.5) is 11.4 Å². The minimum Gasteiger partial charge on any atom is -0.343 e. The molecule has 0 aliphatic heterocycles. The monoisotopic (exact) mass is 465 g/mol. The van der Waals surface area contributed by atoms with Crippen LogP contribution in [0.3, 0.4) is 0 Å². The van der Waals surface area contributed by atoms with Gasteiger partial charge in [0.05, 0.1) is 6.54 Å². The highest BCUT2D eigenvalue weighted by molar-refractivity contribution is 9.10. The lowest BCUT2D eigenvalue weighted by Gasteiger charge is -2.12. The lowest BCUT2D eigenvalue weighted by Crippen LogP contribution is -2.33. The van der Waals surface area contributed by atoms with Gasteiger partial charge in [0.25, 0.3) is 11.8 Å². The summed E-state index contributed by atoms with van der Waals surface area (Å²) in [6, 6.07) is 21.0. The molecule has 3 N–H and O–H groups in total. The minimum atomic E-state index is -0.368. The number of aryl methyl sites for hydroxylation is 1. The molecule has 3 aromatic rings. The third-order valence-electron chi connectivity index (χ3n) is 4.30. The maximum absolute atomic E-state index is 12.3. The summed E-state index contributed by atoms with van der Waals surface area (Å²) in [7, 11) is 0. The van der Waals surface area contributed by atoms with Gasteiger partial charge in [-0.05, 0) is 55.0 Å². The van der Waals surface area contributed by atoms with Gasteiger partial charge in [-0.15, -0.1) is 0 Å². The van der Waals surface area contributed by atoms with E-state index >= 15 is 0 Å². The first-order chi connectivity index (χ1) is 14.4. The van der Waals surface area contributed by atoms with Crippen LogP contribution in [0.2, 0.25) is 0 Å². The summed E-state index contributed by atoms with van der Waals surface area (Å²) in [5.41, 5.74) is 2.95. The maximum atomic E-state index is 12.3. The molecular formula is C23H20BrN3O3. The third kappa shape index (κ3) is 5.78. The van der Waals surface area contributed by atoms with Crippen molar-refractivity contribution in [3.05, 3.63) is 94.0 Å².